The van der Waals surface area contributed by atoms with Crippen molar-refractivity contribution < 1.29 is 4.79 Å². The molecule has 1 aliphatic carbocycles. The van der Waals surface area contributed by atoms with Gasteiger partial charge in [-0.2, -0.15) is 0 Å². The van der Waals surface area contributed by atoms with Gasteiger partial charge in [-0.1, -0.05) is 0 Å². The second-order valence-corrected chi connectivity index (χ2v) is 7.22. The summed E-state index contributed by atoms with van der Waals surface area (Å²) in [7, 11) is 0. The van der Waals surface area contributed by atoms with Crippen molar-refractivity contribution in [3.63, 3.8) is 0 Å². The molecule has 126 valence electrons. The lowest BCUT2D eigenvalue weighted by molar-refractivity contribution is -0.129. The van der Waals surface area contributed by atoms with Crippen molar-refractivity contribution in [2.75, 3.05) is 11.9 Å². The van der Waals surface area contributed by atoms with Crippen LogP contribution in [0.2, 0.25) is 0 Å². The lowest BCUT2D eigenvalue weighted by Gasteiger charge is -2.45. The Labute approximate surface area is 142 Å². The third-order valence-corrected chi connectivity index (χ3v) is 5.81. The van der Waals surface area contributed by atoms with Gasteiger partial charge in [0.2, 0.25) is 5.91 Å². The average molecular weight is 324 g/mol. The number of aryl methyl sites for hydroxylation is 1. The minimum Gasteiger partial charge on any atom is -0.326 e. The van der Waals surface area contributed by atoms with E-state index in [2.05, 4.69) is 27.1 Å². The number of benzene rings is 1. The fourth-order valence-corrected chi connectivity index (χ4v) is 3.93. The van der Waals surface area contributed by atoms with E-state index in [0.717, 1.165) is 55.0 Å². The van der Waals surface area contributed by atoms with Gasteiger partial charge in [0, 0.05) is 29.7 Å². The van der Waals surface area contributed by atoms with Crippen LogP contribution in [0.15, 0.2) is 30.6 Å². The first-order valence-electron chi connectivity index (χ1n) is 8.73. The number of fused-ring (bicyclic) bond motifs is 3. The normalized spacial score (nSPS) is 25.7. The van der Waals surface area contributed by atoms with Crippen molar-refractivity contribution in [1.82, 2.24) is 14.9 Å². The number of hydrogen-bond donors (Lipinski definition) is 2. The third-order valence-electron chi connectivity index (χ3n) is 5.81. The van der Waals surface area contributed by atoms with Gasteiger partial charge in [0.05, 0.1) is 17.4 Å². The number of aromatic nitrogens is 2. The molecule has 0 atom stereocenters. The summed E-state index contributed by atoms with van der Waals surface area (Å²) in [5.74, 6) is 0.163. The highest BCUT2D eigenvalue weighted by molar-refractivity contribution is 5.95. The Morgan fingerprint density at radius 3 is 2.50 bits per heavy atom. The van der Waals surface area contributed by atoms with Crippen LogP contribution in [0.3, 0.4) is 0 Å². The summed E-state index contributed by atoms with van der Waals surface area (Å²) in [6, 6.07) is 8.62. The minimum absolute atomic E-state index is 0.163. The van der Waals surface area contributed by atoms with E-state index in [9.17, 15) is 4.79 Å². The summed E-state index contributed by atoms with van der Waals surface area (Å²) < 4.78 is 2.06. The van der Waals surface area contributed by atoms with Crippen molar-refractivity contribution in [2.45, 2.75) is 45.6 Å². The number of carbonyl (C=O) groups excluding carboxylic acids is 1. The lowest BCUT2D eigenvalue weighted by Crippen LogP contribution is -2.56. The van der Waals surface area contributed by atoms with Gasteiger partial charge in [-0.3, -0.25) is 4.79 Å². The van der Waals surface area contributed by atoms with Crippen LogP contribution in [0.5, 0.6) is 0 Å². The maximum atomic E-state index is 12.8. The molecule has 2 saturated heterocycles. The van der Waals surface area contributed by atoms with Crippen LogP contribution in [-0.4, -0.2) is 28.0 Å². The largest absolute Gasteiger partial charge is 0.326 e. The van der Waals surface area contributed by atoms with Gasteiger partial charge in [-0.25, -0.2) is 4.98 Å². The minimum atomic E-state index is -0.217. The number of anilines is 1. The smallest absolute Gasteiger partial charge is 0.231 e. The van der Waals surface area contributed by atoms with E-state index in [1.807, 2.05) is 37.5 Å². The van der Waals surface area contributed by atoms with Crippen molar-refractivity contribution >= 4 is 11.6 Å². The van der Waals surface area contributed by atoms with Gasteiger partial charge in [0.1, 0.15) is 0 Å². The zero-order valence-corrected chi connectivity index (χ0v) is 14.3. The first-order chi connectivity index (χ1) is 11.6. The molecule has 1 aromatic carbocycles. The molecule has 3 aliphatic rings. The van der Waals surface area contributed by atoms with Crippen molar-refractivity contribution in [3.05, 3.63) is 42.0 Å². The fourth-order valence-electron chi connectivity index (χ4n) is 3.93. The molecule has 5 rings (SSSR count). The second kappa shape index (κ2) is 5.74. The van der Waals surface area contributed by atoms with Crippen LogP contribution in [0.4, 0.5) is 5.69 Å². The summed E-state index contributed by atoms with van der Waals surface area (Å²) in [5.41, 5.74) is 3.87. The van der Waals surface area contributed by atoms with Gasteiger partial charge >= 0.3 is 0 Å². The molecule has 1 amide bonds. The molecule has 2 N–H and O–H groups in total. The molecule has 2 aliphatic heterocycles. The van der Waals surface area contributed by atoms with Gasteiger partial charge in [-0.05, 0) is 63.8 Å². The number of amides is 1. The first-order valence-corrected chi connectivity index (χ1v) is 8.73. The molecule has 3 heterocycles. The van der Waals surface area contributed by atoms with E-state index in [1.165, 1.54) is 0 Å². The van der Waals surface area contributed by atoms with Crippen molar-refractivity contribution in [1.29, 1.82) is 0 Å². The average Bonchev–Trinajstić information content (AvgIpc) is 2.96. The zero-order valence-electron chi connectivity index (χ0n) is 14.3. The van der Waals surface area contributed by atoms with E-state index in [1.54, 1.807) is 0 Å². The Balaban J connectivity index is 1.49. The van der Waals surface area contributed by atoms with E-state index in [-0.39, 0.29) is 11.3 Å². The molecule has 1 aromatic heterocycles. The fraction of sp³-hybridized carbons (Fsp3) is 0.474. The molecular formula is C19H24N4O. The Morgan fingerprint density at radius 2 is 1.96 bits per heavy atom. The highest BCUT2D eigenvalue weighted by Gasteiger charge is 2.45. The van der Waals surface area contributed by atoms with E-state index in [0.29, 0.717) is 6.04 Å². The topological polar surface area (TPSA) is 59.0 Å². The number of hydrogen-bond acceptors (Lipinski definition) is 3. The van der Waals surface area contributed by atoms with E-state index >= 15 is 0 Å². The molecule has 24 heavy (non-hydrogen) atoms. The van der Waals surface area contributed by atoms with E-state index in [4.69, 9.17) is 0 Å². The van der Waals surface area contributed by atoms with Gasteiger partial charge in [0.25, 0.3) is 0 Å². The number of imidazole rings is 1. The van der Waals surface area contributed by atoms with Crippen LogP contribution in [0.25, 0.3) is 5.69 Å². The summed E-state index contributed by atoms with van der Waals surface area (Å²) in [4.78, 5) is 17.1. The molecule has 3 fully saturated rings. The Kier molecular flexibility index (Phi) is 3.68. The van der Waals surface area contributed by atoms with Gasteiger partial charge in [0.15, 0.2) is 0 Å². The van der Waals surface area contributed by atoms with Crippen molar-refractivity contribution in [2.24, 2.45) is 5.41 Å². The Bertz CT molecular complexity index is 740. The molecule has 5 nitrogen and oxygen atoms in total. The monoisotopic (exact) mass is 324 g/mol. The van der Waals surface area contributed by atoms with E-state index < -0.39 is 0 Å². The molecule has 1 saturated carbocycles. The lowest BCUT2D eigenvalue weighted by atomic mass is 9.68. The summed E-state index contributed by atoms with van der Waals surface area (Å²) >= 11 is 0. The van der Waals surface area contributed by atoms with Crippen LogP contribution in [0.1, 0.15) is 37.1 Å². The number of rotatable bonds is 3. The predicted molar refractivity (Wildman–Crippen MR) is 94.4 cm³/mol. The van der Waals surface area contributed by atoms with Crippen LogP contribution >= 0.6 is 0 Å². The molecule has 2 bridgehead atoms. The Morgan fingerprint density at radius 1 is 1.25 bits per heavy atom. The summed E-state index contributed by atoms with van der Waals surface area (Å²) in [5, 5.41) is 6.62. The van der Waals surface area contributed by atoms with Gasteiger partial charge in [-0.15, -0.1) is 0 Å². The number of nitrogens with zero attached hydrogens (tertiary/aromatic N) is 2. The predicted octanol–water partition coefficient (Wildman–Crippen LogP) is 2.96. The Hall–Kier alpha value is -2.14. The number of nitrogens with one attached hydrogen (secondary N) is 2. The maximum absolute atomic E-state index is 12.8. The number of carbonyl (C=O) groups is 1. The van der Waals surface area contributed by atoms with Crippen LogP contribution in [0, 0.1) is 19.3 Å². The molecule has 5 heteroatoms. The molecule has 0 spiro atoms. The third kappa shape index (κ3) is 2.53. The highest BCUT2D eigenvalue weighted by Crippen LogP contribution is 2.41. The first kappa shape index (κ1) is 15.4. The molecule has 2 aromatic rings. The molecule has 0 unspecified atom stereocenters. The second-order valence-electron chi connectivity index (χ2n) is 7.22. The zero-order chi connectivity index (χ0) is 16.7. The van der Waals surface area contributed by atoms with Crippen LogP contribution < -0.4 is 10.6 Å². The molecule has 0 radical (unpaired) electrons. The number of piperidine rings is 2. The highest BCUT2D eigenvalue weighted by atomic mass is 16.2. The van der Waals surface area contributed by atoms with Gasteiger partial charge < -0.3 is 15.2 Å². The quantitative estimate of drug-likeness (QED) is 0.912. The van der Waals surface area contributed by atoms with Crippen molar-refractivity contribution in [3.8, 4) is 5.69 Å². The van der Waals surface area contributed by atoms with Crippen LogP contribution in [-0.2, 0) is 4.79 Å². The molecular weight excluding hydrogens is 300 g/mol. The summed E-state index contributed by atoms with van der Waals surface area (Å²) in [6.45, 7) is 4.88. The SMILES string of the molecule is Cc1ncn(-c2ccc(NC(=O)C34CCC(CC3)NC4)cc2)c1C. The summed E-state index contributed by atoms with van der Waals surface area (Å²) in [6.07, 6.45) is 6.07. The standard InChI is InChI=1S/C19H24N4O/c1-13-14(2)23(12-21-13)17-5-3-16(4-6-17)22-18(24)19-9-7-15(8-10-19)20-11-19/h3-6,12,15,20H,7-11H2,1-2H3,(H,22,24). The maximum Gasteiger partial charge on any atom is 0.231 e.